The smallest absolute Gasteiger partial charge is 0.128 e. The van der Waals surface area contributed by atoms with E-state index in [0.29, 0.717) is 0 Å². The molecule has 0 radical (unpaired) electrons. The van der Waals surface area contributed by atoms with Crippen LogP contribution < -0.4 is 10.8 Å². The standard InChI is InChI=1S/C13H26N4O/c1-6-15-13(9-8-12(3)16-18-5)17(7-2)11-10-14-4/h6,8-9,14,16H,7,10-11H2,1-5H3/b12-8+,13-9+,15-6-. The van der Waals surface area contributed by atoms with Gasteiger partial charge in [0.05, 0.1) is 7.11 Å². The second-order valence-electron chi connectivity index (χ2n) is 3.75. The maximum Gasteiger partial charge on any atom is 0.128 e. The van der Waals surface area contributed by atoms with E-state index in [1.54, 1.807) is 13.3 Å². The lowest BCUT2D eigenvalue weighted by atomic mass is 10.3. The van der Waals surface area contributed by atoms with Crippen molar-refractivity contribution in [2.75, 3.05) is 33.8 Å². The summed E-state index contributed by atoms with van der Waals surface area (Å²) in [4.78, 5) is 11.5. The second kappa shape index (κ2) is 10.8. The molecule has 5 heteroatoms. The van der Waals surface area contributed by atoms with Crippen LogP contribution in [0.4, 0.5) is 0 Å². The van der Waals surface area contributed by atoms with Crippen LogP contribution in [0.3, 0.4) is 0 Å². The van der Waals surface area contributed by atoms with Crippen LogP contribution in [-0.2, 0) is 4.84 Å². The molecule has 0 unspecified atom stereocenters. The molecule has 0 saturated heterocycles. The van der Waals surface area contributed by atoms with Crippen molar-refractivity contribution in [1.29, 1.82) is 0 Å². The molecule has 0 aliphatic carbocycles. The summed E-state index contributed by atoms with van der Waals surface area (Å²) in [5.74, 6) is 0.951. The quantitative estimate of drug-likeness (QED) is 0.372. The molecule has 0 aliphatic heterocycles. The fourth-order valence-corrected chi connectivity index (χ4v) is 1.44. The monoisotopic (exact) mass is 254 g/mol. The van der Waals surface area contributed by atoms with E-state index in [2.05, 4.69) is 27.6 Å². The van der Waals surface area contributed by atoms with Crippen LogP contribution in [0.25, 0.3) is 0 Å². The first-order chi connectivity index (χ1) is 8.69. The number of rotatable bonds is 9. The van der Waals surface area contributed by atoms with Crippen LogP contribution in [0, 0.1) is 0 Å². The molecule has 0 aliphatic rings. The minimum absolute atomic E-state index is 0.926. The highest BCUT2D eigenvalue weighted by Gasteiger charge is 2.04. The van der Waals surface area contributed by atoms with E-state index >= 15 is 0 Å². The predicted octanol–water partition coefficient (Wildman–Crippen LogP) is 1.51. The van der Waals surface area contributed by atoms with Crippen LogP contribution >= 0.6 is 0 Å². The number of likely N-dealkylation sites (N-methyl/N-ethyl adjacent to an activating group) is 2. The van der Waals surface area contributed by atoms with Gasteiger partial charge in [0.25, 0.3) is 0 Å². The highest BCUT2D eigenvalue weighted by atomic mass is 16.6. The minimum Gasteiger partial charge on any atom is -0.356 e. The third-order valence-electron chi connectivity index (χ3n) is 2.34. The Hall–Kier alpha value is -1.33. The first-order valence-electron chi connectivity index (χ1n) is 6.25. The first kappa shape index (κ1) is 16.7. The lowest BCUT2D eigenvalue weighted by Crippen LogP contribution is -2.29. The SMILES string of the molecule is C\C=N/C(=C\C=C(/C)NOC)N(CC)CCNC. The zero-order chi connectivity index (χ0) is 13.8. The Kier molecular flexibility index (Phi) is 10.0. The van der Waals surface area contributed by atoms with Gasteiger partial charge in [-0.1, -0.05) is 0 Å². The average molecular weight is 254 g/mol. The maximum atomic E-state index is 4.84. The number of aliphatic imine (C=N–C) groups is 1. The van der Waals surface area contributed by atoms with Gasteiger partial charge in [-0.2, -0.15) is 0 Å². The highest BCUT2D eigenvalue weighted by molar-refractivity contribution is 5.55. The Bertz CT molecular complexity index is 297. The van der Waals surface area contributed by atoms with E-state index in [9.17, 15) is 0 Å². The summed E-state index contributed by atoms with van der Waals surface area (Å²) < 4.78 is 0. The molecular formula is C13H26N4O. The maximum absolute atomic E-state index is 4.84. The molecule has 0 fully saturated rings. The number of allylic oxidation sites excluding steroid dienone is 3. The van der Waals surface area contributed by atoms with E-state index in [4.69, 9.17) is 4.84 Å². The van der Waals surface area contributed by atoms with Crippen molar-refractivity contribution >= 4 is 6.21 Å². The molecule has 5 nitrogen and oxygen atoms in total. The van der Waals surface area contributed by atoms with Crippen molar-refractivity contribution in [2.45, 2.75) is 20.8 Å². The minimum atomic E-state index is 0.926. The Morgan fingerprint density at radius 2 is 2.11 bits per heavy atom. The molecule has 18 heavy (non-hydrogen) atoms. The summed E-state index contributed by atoms with van der Waals surface area (Å²) in [5, 5.41) is 3.15. The molecule has 0 aromatic rings. The van der Waals surface area contributed by atoms with Gasteiger partial charge in [0, 0.05) is 31.5 Å². The molecule has 0 rings (SSSR count). The molecule has 104 valence electrons. The van der Waals surface area contributed by atoms with E-state index in [1.807, 2.05) is 33.0 Å². The number of hydroxylamine groups is 1. The van der Waals surface area contributed by atoms with Crippen molar-refractivity contribution < 1.29 is 4.84 Å². The molecule has 0 aromatic carbocycles. The number of nitrogens with one attached hydrogen (secondary N) is 2. The number of nitrogens with zero attached hydrogens (tertiary/aromatic N) is 2. The number of hydrogen-bond donors (Lipinski definition) is 2. The van der Waals surface area contributed by atoms with Crippen molar-refractivity contribution in [3.05, 3.63) is 23.7 Å². The van der Waals surface area contributed by atoms with Gasteiger partial charge in [0.15, 0.2) is 0 Å². The molecule has 0 spiro atoms. The topological polar surface area (TPSA) is 48.9 Å². The molecule has 0 aromatic heterocycles. The first-order valence-corrected chi connectivity index (χ1v) is 6.25. The van der Waals surface area contributed by atoms with E-state index in [1.165, 1.54) is 0 Å². The van der Waals surface area contributed by atoms with Crippen molar-refractivity contribution in [3.63, 3.8) is 0 Å². The molecule has 0 bridgehead atoms. The fourth-order valence-electron chi connectivity index (χ4n) is 1.44. The van der Waals surface area contributed by atoms with E-state index < -0.39 is 0 Å². The van der Waals surface area contributed by atoms with Crippen LogP contribution in [0.1, 0.15) is 20.8 Å². The summed E-state index contributed by atoms with van der Waals surface area (Å²) in [6.07, 6.45) is 5.75. The van der Waals surface area contributed by atoms with Gasteiger partial charge >= 0.3 is 0 Å². The largest absolute Gasteiger partial charge is 0.356 e. The third-order valence-corrected chi connectivity index (χ3v) is 2.34. The van der Waals surface area contributed by atoms with Crippen LogP contribution in [-0.4, -0.2) is 44.9 Å². The third kappa shape index (κ3) is 7.09. The van der Waals surface area contributed by atoms with Crippen LogP contribution in [0.2, 0.25) is 0 Å². The van der Waals surface area contributed by atoms with Gasteiger partial charge < -0.3 is 10.2 Å². The molecule has 0 atom stereocenters. The Morgan fingerprint density at radius 3 is 2.61 bits per heavy atom. The van der Waals surface area contributed by atoms with Gasteiger partial charge in [0.1, 0.15) is 5.82 Å². The molecular weight excluding hydrogens is 228 g/mol. The summed E-state index contributed by atoms with van der Waals surface area (Å²) >= 11 is 0. The van der Waals surface area contributed by atoms with Gasteiger partial charge in [-0.05, 0) is 40.0 Å². The normalized spacial score (nSPS) is 13.2. The molecule has 0 saturated carbocycles. The Balaban J connectivity index is 4.79. The molecule has 2 N–H and O–H groups in total. The highest BCUT2D eigenvalue weighted by Crippen LogP contribution is 2.06. The Labute approximate surface area is 111 Å². The predicted molar refractivity (Wildman–Crippen MR) is 77.3 cm³/mol. The zero-order valence-electron chi connectivity index (χ0n) is 12.2. The Morgan fingerprint density at radius 1 is 1.39 bits per heavy atom. The van der Waals surface area contributed by atoms with Crippen LogP contribution in [0.5, 0.6) is 0 Å². The van der Waals surface area contributed by atoms with E-state index in [0.717, 1.165) is 31.2 Å². The average Bonchev–Trinajstić information content (AvgIpc) is 2.36. The van der Waals surface area contributed by atoms with Crippen LogP contribution in [0.15, 0.2) is 28.7 Å². The van der Waals surface area contributed by atoms with Gasteiger partial charge in [0.2, 0.25) is 0 Å². The fraction of sp³-hybridized carbons (Fsp3) is 0.615. The van der Waals surface area contributed by atoms with Crippen molar-refractivity contribution in [1.82, 2.24) is 15.7 Å². The van der Waals surface area contributed by atoms with Crippen molar-refractivity contribution in [2.24, 2.45) is 4.99 Å². The molecule has 0 heterocycles. The summed E-state index contributed by atoms with van der Waals surface area (Å²) in [6, 6.07) is 0. The lowest BCUT2D eigenvalue weighted by molar-refractivity contribution is 0.118. The van der Waals surface area contributed by atoms with Gasteiger partial charge in [-0.15, -0.1) is 0 Å². The lowest BCUT2D eigenvalue weighted by Gasteiger charge is -2.22. The summed E-state index contributed by atoms with van der Waals surface area (Å²) in [6.45, 7) is 8.78. The molecule has 0 amide bonds. The van der Waals surface area contributed by atoms with Crippen molar-refractivity contribution in [3.8, 4) is 0 Å². The second-order valence-corrected chi connectivity index (χ2v) is 3.75. The number of hydrogen-bond acceptors (Lipinski definition) is 5. The zero-order valence-corrected chi connectivity index (χ0v) is 12.2. The van der Waals surface area contributed by atoms with Gasteiger partial charge in [-0.3, -0.25) is 10.3 Å². The summed E-state index contributed by atoms with van der Waals surface area (Å²) in [7, 11) is 3.55. The summed E-state index contributed by atoms with van der Waals surface area (Å²) in [5.41, 5.74) is 3.71. The van der Waals surface area contributed by atoms with Gasteiger partial charge in [-0.25, -0.2) is 4.99 Å². The van der Waals surface area contributed by atoms with E-state index in [-0.39, 0.29) is 0 Å².